The maximum atomic E-state index is 12.0. The normalized spacial score (nSPS) is 11.1. The lowest BCUT2D eigenvalue weighted by Crippen LogP contribution is -1.94. The molecule has 26 heavy (non-hydrogen) atoms. The first-order valence-electron chi connectivity index (χ1n) is 8.07. The number of benzene rings is 1. The van der Waals surface area contributed by atoms with E-state index in [2.05, 4.69) is 9.97 Å². The summed E-state index contributed by atoms with van der Waals surface area (Å²) in [6.45, 7) is 0. The van der Waals surface area contributed by atoms with E-state index in [0.29, 0.717) is 11.1 Å². The van der Waals surface area contributed by atoms with Crippen LogP contribution in [0.25, 0.3) is 12.2 Å². The molecule has 4 heteroatoms. The maximum absolute atomic E-state index is 12.0. The van der Waals surface area contributed by atoms with Gasteiger partial charge in [-0.3, -0.25) is 19.6 Å². The fourth-order valence-electron chi connectivity index (χ4n) is 2.27. The summed E-state index contributed by atoms with van der Waals surface area (Å²) in [5.41, 5.74) is 2.91. The molecule has 0 aliphatic heterocycles. The molecular formula is C22H16N2O2. The first kappa shape index (κ1) is 17.2. The average molecular weight is 340 g/mol. The molecule has 0 N–H and O–H groups in total. The summed E-state index contributed by atoms with van der Waals surface area (Å²) in [5.74, 6) is -0.187. The molecule has 0 saturated carbocycles. The predicted molar refractivity (Wildman–Crippen MR) is 102 cm³/mol. The Morgan fingerprint density at radius 2 is 1.08 bits per heavy atom. The Balaban J connectivity index is 1.63. The van der Waals surface area contributed by atoms with Gasteiger partial charge in [-0.1, -0.05) is 36.4 Å². The van der Waals surface area contributed by atoms with Crippen molar-refractivity contribution >= 4 is 23.7 Å². The zero-order valence-electron chi connectivity index (χ0n) is 13.9. The van der Waals surface area contributed by atoms with Crippen LogP contribution in [0, 0.1) is 0 Å². The number of hydrogen-bond acceptors (Lipinski definition) is 4. The van der Waals surface area contributed by atoms with E-state index in [-0.39, 0.29) is 11.6 Å². The van der Waals surface area contributed by atoms with E-state index in [0.717, 1.165) is 11.1 Å². The Morgan fingerprint density at radius 3 is 1.42 bits per heavy atom. The van der Waals surface area contributed by atoms with Gasteiger partial charge in [0.15, 0.2) is 11.6 Å². The van der Waals surface area contributed by atoms with Crippen molar-refractivity contribution in [2.24, 2.45) is 0 Å². The van der Waals surface area contributed by atoms with Crippen LogP contribution in [0.2, 0.25) is 0 Å². The largest absolute Gasteiger partial charge is 0.289 e. The van der Waals surface area contributed by atoms with Gasteiger partial charge in [0.05, 0.1) is 0 Å². The average Bonchev–Trinajstić information content (AvgIpc) is 2.72. The van der Waals surface area contributed by atoms with Gasteiger partial charge in [0.2, 0.25) is 0 Å². The molecular weight excluding hydrogens is 324 g/mol. The Kier molecular flexibility index (Phi) is 5.58. The summed E-state index contributed by atoms with van der Waals surface area (Å²) in [6.07, 6.45) is 12.9. The van der Waals surface area contributed by atoms with Crippen molar-refractivity contribution < 1.29 is 9.59 Å². The number of nitrogens with zero attached hydrogens (tertiary/aromatic N) is 2. The number of allylic oxidation sites excluding steroid dienone is 2. The van der Waals surface area contributed by atoms with Gasteiger partial charge >= 0.3 is 0 Å². The molecule has 4 nitrogen and oxygen atoms in total. The third kappa shape index (κ3) is 4.68. The number of hydrogen-bond donors (Lipinski definition) is 0. The third-order valence-corrected chi connectivity index (χ3v) is 3.68. The van der Waals surface area contributed by atoms with Crippen LogP contribution < -0.4 is 0 Å². The number of carbonyl (C=O) groups excluding carboxylic acids is 2. The Morgan fingerprint density at radius 1 is 0.654 bits per heavy atom. The lowest BCUT2D eigenvalue weighted by Gasteiger charge is -1.97. The fraction of sp³-hybridized carbons (Fsp3) is 0. The number of ketones is 2. The molecule has 2 aromatic heterocycles. The molecule has 0 atom stereocenters. The minimum atomic E-state index is -0.0934. The Bertz CT molecular complexity index is 864. The summed E-state index contributed by atoms with van der Waals surface area (Å²) < 4.78 is 0. The van der Waals surface area contributed by atoms with Crippen LogP contribution in [0.4, 0.5) is 0 Å². The lowest BCUT2D eigenvalue weighted by atomic mass is 10.1. The van der Waals surface area contributed by atoms with Crippen LogP contribution in [-0.2, 0) is 0 Å². The second-order valence-corrected chi connectivity index (χ2v) is 5.55. The number of rotatable bonds is 6. The summed E-state index contributed by atoms with van der Waals surface area (Å²) >= 11 is 0. The molecule has 3 aromatic rings. The van der Waals surface area contributed by atoms with Crippen molar-refractivity contribution in [3.8, 4) is 0 Å². The smallest absolute Gasteiger partial charge is 0.187 e. The highest BCUT2D eigenvalue weighted by atomic mass is 16.1. The summed E-state index contributed by atoms with van der Waals surface area (Å²) in [6, 6.07) is 14.5. The highest BCUT2D eigenvalue weighted by Gasteiger charge is 2.01. The summed E-state index contributed by atoms with van der Waals surface area (Å²) in [5, 5.41) is 0. The molecule has 1 aromatic carbocycles. The van der Waals surface area contributed by atoms with Crippen LogP contribution >= 0.6 is 0 Å². The van der Waals surface area contributed by atoms with Gasteiger partial charge in [0.1, 0.15) is 0 Å². The molecule has 0 spiro atoms. The molecule has 0 bridgehead atoms. The van der Waals surface area contributed by atoms with E-state index in [1.807, 2.05) is 24.3 Å². The second kappa shape index (κ2) is 8.44. The molecule has 3 rings (SSSR count). The maximum Gasteiger partial charge on any atom is 0.187 e. The monoisotopic (exact) mass is 340 g/mol. The van der Waals surface area contributed by atoms with Gasteiger partial charge in [-0.15, -0.1) is 0 Å². The van der Waals surface area contributed by atoms with Crippen molar-refractivity contribution in [2.75, 3.05) is 0 Å². The van der Waals surface area contributed by atoms with Gasteiger partial charge in [-0.2, -0.15) is 0 Å². The Hall–Kier alpha value is -3.66. The first-order chi connectivity index (χ1) is 12.7. The van der Waals surface area contributed by atoms with Crippen LogP contribution in [0.5, 0.6) is 0 Å². The minimum Gasteiger partial charge on any atom is -0.289 e. The van der Waals surface area contributed by atoms with Crippen molar-refractivity contribution in [1.82, 2.24) is 9.97 Å². The quantitative estimate of drug-likeness (QED) is 0.497. The number of aromatic nitrogens is 2. The van der Waals surface area contributed by atoms with Gasteiger partial charge in [0.25, 0.3) is 0 Å². The van der Waals surface area contributed by atoms with Crippen molar-refractivity contribution in [3.63, 3.8) is 0 Å². The van der Waals surface area contributed by atoms with E-state index in [4.69, 9.17) is 0 Å². The van der Waals surface area contributed by atoms with Crippen LogP contribution in [-0.4, -0.2) is 21.5 Å². The van der Waals surface area contributed by atoms with Crippen molar-refractivity contribution in [3.05, 3.63) is 108 Å². The standard InChI is InChI=1S/C22H16N2O2/c25-21(19-3-1-13-23-15-19)11-9-17-5-7-18(8-6-17)10-12-22(26)20-4-2-14-24-16-20/h1-16H/b11-9-,12-10-. The van der Waals surface area contributed by atoms with Gasteiger partial charge in [-0.25, -0.2) is 0 Å². The second-order valence-electron chi connectivity index (χ2n) is 5.55. The number of pyridine rings is 2. The molecule has 126 valence electrons. The van der Waals surface area contributed by atoms with Crippen molar-refractivity contribution in [2.45, 2.75) is 0 Å². The number of carbonyl (C=O) groups is 2. The zero-order chi connectivity index (χ0) is 18.2. The van der Waals surface area contributed by atoms with Crippen LogP contribution in [0.3, 0.4) is 0 Å². The topological polar surface area (TPSA) is 59.9 Å². The summed E-state index contributed by atoms with van der Waals surface area (Å²) in [4.78, 5) is 31.9. The minimum absolute atomic E-state index is 0.0934. The fourth-order valence-corrected chi connectivity index (χ4v) is 2.27. The molecule has 0 unspecified atom stereocenters. The van der Waals surface area contributed by atoms with E-state index in [1.54, 1.807) is 61.2 Å². The van der Waals surface area contributed by atoms with Crippen LogP contribution in [0.15, 0.2) is 85.5 Å². The predicted octanol–water partition coefficient (Wildman–Crippen LogP) is 4.27. The SMILES string of the molecule is O=C(/C=C\c1ccc(/C=C\C(=O)c2cccnc2)cc1)c1cccnc1. The highest BCUT2D eigenvalue weighted by molar-refractivity contribution is 6.07. The van der Waals surface area contributed by atoms with E-state index in [9.17, 15) is 9.59 Å². The van der Waals surface area contributed by atoms with Crippen LogP contribution in [0.1, 0.15) is 31.8 Å². The lowest BCUT2D eigenvalue weighted by molar-refractivity contribution is 0.103. The first-order valence-corrected chi connectivity index (χ1v) is 8.07. The third-order valence-electron chi connectivity index (χ3n) is 3.68. The molecule has 0 radical (unpaired) electrons. The zero-order valence-corrected chi connectivity index (χ0v) is 13.9. The van der Waals surface area contributed by atoms with Gasteiger partial charge < -0.3 is 0 Å². The molecule has 0 amide bonds. The van der Waals surface area contributed by atoms with E-state index < -0.39 is 0 Å². The molecule has 0 aliphatic rings. The van der Waals surface area contributed by atoms with E-state index >= 15 is 0 Å². The molecule has 0 aliphatic carbocycles. The van der Waals surface area contributed by atoms with Gasteiger partial charge in [0, 0.05) is 35.9 Å². The molecule has 2 heterocycles. The Labute approximate surface area is 151 Å². The highest BCUT2D eigenvalue weighted by Crippen LogP contribution is 2.10. The molecule has 0 fully saturated rings. The van der Waals surface area contributed by atoms with Gasteiger partial charge in [-0.05, 0) is 47.5 Å². The molecule has 0 saturated heterocycles. The van der Waals surface area contributed by atoms with Crippen molar-refractivity contribution in [1.29, 1.82) is 0 Å². The summed E-state index contributed by atoms with van der Waals surface area (Å²) in [7, 11) is 0. The van der Waals surface area contributed by atoms with E-state index in [1.165, 1.54) is 12.2 Å².